The molecule has 2 heterocycles. The van der Waals surface area contributed by atoms with E-state index in [2.05, 4.69) is 34.0 Å². The quantitative estimate of drug-likeness (QED) is 0.773. The van der Waals surface area contributed by atoms with Gasteiger partial charge >= 0.3 is 0 Å². The molecule has 3 rings (SSSR count). The highest BCUT2D eigenvalue weighted by atomic mass is 32.2. The van der Waals surface area contributed by atoms with E-state index in [4.69, 9.17) is 5.73 Å². The Hall–Kier alpha value is -1.85. The predicted molar refractivity (Wildman–Crippen MR) is 81.8 cm³/mol. The molecule has 0 aliphatic carbocycles. The van der Waals surface area contributed by atoms with Crippen molar-refractivity contribution in [2.24, 2.45) is 5.73 Å². The van der Waals surface area contributed by atoms with Crippen LogP contribution in [0.1, 0.15) is 24.1 Å². The van der Waals surface area contributed by atoms with E-state index >= 15 is 0 Å². The zero-order valence-corrected chi connectivity index (χ0v) is 12.2. The second-order valence-corrected chi connectivity index (χ2v) is 5.89. The molecular weight excluding hydrogens is 268 g/mol. The highest BCUT2D eigenvalue weighted by Crippen LogP contribution is 2.26. The standard InChI is InChI=1S/C15H16N4S/c1-9-3-5-12-13(7-9)19-15(18-12)20-14-6-4-11(8-17-14)10(2)16/h3-8,10H,16H2,1-2H3,(H,18,19)/t10-/m0/s1. The Labute approximate surface area is 121 Å². The lowest BCUT2D eigenvalue weighted by Gasteiger charge is -2.04. The summed E-state index contributed by atoms with van der Waals surface area (Å²) in [6.07, 6.45) is 1.82. The van der Waals surface area contributed by atoms with Crippen molar-refractivity contribution < 1.29 is 0 Å². The fourth-order valence-electron chi connectivity index (χ4n) is 1.97. The first kappa shape index (κ1) is 13.1. The molecule has 0 saturated heterocycles. The number of hydrogen-bond acceptors (Lipinski definition) is 4. The zero-order valence-electron chi connectivity index (χ0n) is 11.4. The summed E-state index contributed by atoms with van der Waals surface area (Å²) in [5.41, 5.74) is 10.1. The highest BCUT2D eigenvalue weighted by molar-refractivity contribution is 7.99. The van der Waals surface area contributed by atoms with E-state index in [0.29, 0.717) is 0 Å². The number of nitrogens with one attached hydrogen (secondary N) is 1. The van der Waals surface area contributed by atoms with Crippen molar-refractivity contribution in [2.45, 2.75) is 30.1 Å². The molecule has 0 aliphatic rings. The first-order chi connectivity index (χ1) is 9.61. The molecule has 3 N–H and O–H groups in total. The maximum Gasteiger partial charge on any atom is 0.172 e. The SMILES string of the molecule is Cc1ccc2nc(Sc3ccc([C@H](C)N)cn3)[nH]c2c1. The van der Waals surface area contributed by atoms with Crippen molar-refractivity contribution in [3.8, 4) is 0 Å². The van der Waals surface area contributed by atoms with Crippen LogP contribution in [0.4, 0.5) is 0 Å². The van der Waals surface area contributed by atoms with E-state index in [1.165, 1.54) is 17.3 Å². The molecule has 0 unspecified atom stereocenters. The van der Waals surface area contributed by atoms with Crippen LogP contribution in [0.5, 0.6) is 0 Å². The average molecular weight is 284 g/mol. The van der Waals surface area contributed by atoms with E-state index in [1.807, 2.05) is 31.3 Å². The van der Waals surface area contributed by atoms with Crippen LogP contribution < -0.4 is 5.73 Å². The summed E-state index contributed by atoms with van der Waals surface area (Å²) in [5, 5.41) is 1.76. The maximum absolute atomic E-state index is 5.82. The predicted octanol–water partition coefficient (Wildman–Crippen LogP) is 3.44. The fraction of sp³-hybridized carbons (Fsp3) is 0.200. The molecule has 0 radical (unpaired) electrons. The number of aromatic nitrogens is 3. The number of fused-ring (bicyclic) bond motifs is 1. The molecule has 0 spiro atoms. The minimum Gasteiger partial charge on any atom is -0.333 e. The topological polar surface area (TPSA) is 67.6 Å². The van der Waals surface area contributed by atoms with E-state index in [9.17, 15) is 0 Å². The zero-order chi connectivity index (χ0) is 14.1. The number of nitrogens with zero attached hydrogens (tertiary/aromatic N) is 2. The van der Waals surface area contributed by atoms with Crippen LogP contribution >= 0.6 is 11.8 Å². The number of H-pyrrole nitrogens is 1. The van der Waals surface area contributed by atoms with Gasteiger partial charge in [0.1, 0.15) is 5.03 Å². The lowest BCUT2D eigenvalue weighted by atomic mass is 10.2. The van der Waals surface area contributed by atoms with Gasteiger partial charge in [-0.25, -0.2) is 9.97 Å². The van der Waals surface area contributed by atoms with E-state index in [0.717, 1.165) is 26.8 Å². The second kappa shape index (κ2) is 5.26. The second-order valence-electron chi connectivity index (χ2n) is 4.88. The summed E-state index contributed by atoms with van der Waals surface area (Å²) >= 11 is 1.52. The van der Waals surface area contributed by atoms with Crippen LogP contribution in [0.25, 0.3) is 11.0 Å². The van der Waals surface area contributed by atoms with Gasteiger partial charge in [0.15, 0.2) is 5.16 Å². The van der Waals surface area contributed by atoms with Crippen molar-refractivity contribution in [1.29, 1.82) is 0 Å². The summed E-state index contributed by atoms with van der Waals surface area (Å²) in [5.74, 6) is 0. The average Bonchev–Trinajstić information content (AvgIpc) is 2.80. The summed E-state index contributed by atoms with van der Waals surface area (Å²) in [4.78, 5) is 12.3. The molecule has 20 heavy (non-hydrogen) atoms. The number of hydrogen-bond donors (Lipinski definition) is 2. The molecule has 4 nitrogen and oxygen atoms in total. The van der Waals surface area contributed by atoms with E-state index < -0.39 is 0 Å². The summed E-state index contributed by atoms with van der Waals surface area (Å²) in [6, 6.07) is 10.2. The first-order valence-corrected chi connectivity index (χ1v) is 7.29. The smallest absolute Gasteiger partial charge is 0.172 e. The Morgan fingerprint density at radius 2 is 2.10 bits per heavy atom. The van der Waals surface area contributed by atoms with Gasteiger partial charge in [-0.15, -0.1) is 0 Å². The van der Waals surface area contributed by atoms with E-state index in [-0.39, 0.29) is 6.04 Å². The maximum atomic E-state index is 5.82. The third-order valence-corrected chi connectivity index (χ3v) is 3.94. The van der Waals surface area contributed by atoms with Crippen LogP contribution in [0.15, 0.2) is 46.7 Å². The van der Waals surface area contributed by atoms with Gasteiger partial charge in [0.05, 0.1) is 11.0 Å². The van der Waals surface area contributed by atoms with Gasteiger partial charge in [0.25, 0.3) is 0 Å². The number of aromatic amines is 1. The van der Waals surface area contributed by atoms with Crippen molar-refractivity contribution in [2.75, 3.05) is 0 Å². The number of aryl methyl sites for hydroxylation is 1. The summed E-state index contributed by atoms with van der Waals surface area (Å²) in [6.45, 7) is 4.02. The Bertz CT molecular complexity index is 731. The van der Waals surface area contributed by atoms with Crippen LogP contribution in [0.3, 0.4) is 0 Å². The van der Waals surface area contributed by atoms with Gasteiger partial charge in [-0.1, -0.05) is 12.1 Å². The highest BCUT2D eigenvalue weighted by Gasteiger charge is 2.06. The van der Waals surface area contributed by atoms with Crippen molar-refractivity contribution in [3.63, 3.8) is 0 Å². The van der Waals surface area contributed by atoms with E-state index in [1.54, 1.807) is 0 Å². The first-order valence-electron chi connectivity index (χ1n) is 6.47. The Kier molecular flexibility index (Phi) is 3.46. The molecule has 3 aromatic rings. The van der Waals surface area contributed by atoms with Crippen LogP contribution in [-0.4, -0.2) is 15.0 Å². The lowest BCUT2D eigenvalue weighted by molar-refractivity contribution is 0.806. The lowest BCUT2D eigenvalue weighted by Crippen LogP contribution is -2.04. The van der Waals surface area contributed by atoms with Gasteiger partial charge in [0, 0.05) is 12.2 Å². The van der Waals surface area contributed by atoms with Gasteiger partial charge < -0.3 is 10.7 Å². The number of pyridine rings is 1. The molecule has 0 saturated carbocycles. The van der Waals surface area contributed by atoms with Crippen LogP contribution in [-0.2, 0) is 0 Å². The molecule has 1 atom stereocenters. The monoisotopic (exact) mass is 284 g/mol. The fourth-order valence-corrected chi connectivity index (χ4v) is 2.71. The third kappa shape index (κ3) is 2.69. The molecule has 0 fully saturated rings. The number of benzene rings is 1. The largest absolute Gasteiger partial charge is 0.333 e. The van der Waals surface area contributed by atoms with Crippen molar-refractivity contribution in [3.05, 3.63) is 47.7 Å². The number of rotatable bonds is 3. The molecule has 102 valence electrons. The van der Waals surface area contributed by atoms with Gasteiger partial charge in [-0.3, -0.25) is 0 Å². The van der Waals surface area contributed by atoms with Crippen LogP contribution in [0.2, 0.25) is 0 Å². The van der Waals surface area contributed by atoms with Gasteiger partial charge in [-0.2, -0.15) is 0 Å². The Morgan fingerprint density at radius 3 is 2.80 bits per heavy atom. The summed E-state index contributed by atoms with van der Waals surface area (Å²) in [7, 11) is 0. The Balaban J connectivity index is 1.85. The molecule has 0 bridgehead atoms. The van der Waals surface area contributed by atoms with Crippen molar-refractivity contribution >= 4 is 22.8 Å². The number of imidazole rings is 1. The van der Waals surface area contributed by atoms with Crippen LogP contribution in [0, 0.1) is 6.92 Å². The molecule has 1 aromatic carbocycles. The molecular formula is C15H16N4S. The molecule has 2 aromatic heterocycles. The van der Waals surface area contributed by atoms with Crippen molar-refractivity contribution in [1.82, 2.24) is 15.0 Å². The molecule has 0 amide bonds. The minimum atomic E-state index is 0.00993. The minimum absolute atomic E-state index is 0.00993. The van der Waals surface area contributed by atoms with Gasteiger partial charge in [-0.05, 0) is 54.9 Å². The Morgan fingerprint density at radius 1 is 1.25 bits per heavy atom. The summed E-state index contributed by atoms with van der Waals surface area (Å²) < 4.78 is 0. The molecule has 0 aliphatic heterocycles. The third-order valence-electron chi connectivity index (χ3n) is 3.10. The normalized spacial score (nSPS) is 12.8. The molecule has 5 heteroatoms. The van der Waals surface area contributed by atoms with Gasteiger partial charge in [0.2, 0.25) is 0 Å². The number of nitrogens with two attached hydrogens (primary N) is 1.